The summed E-state index contributed by atoms with van der Waals surface area (Å²) < 4.78 is 2.01. The summed E-state index contributed by atoms with van der Waals surface area (Å²) in [5.41, 5.74) is 6.55. The van der Waals surface area contributed by atoms with Crippen molar-refractivity contribution in [3.05, 3.63) is 89.2 Å². The van der Waals surface area contributed by atoms with Crippen LogP contribution >= 0.6 is 11.8 Å². The normalized spacial score (nSPS) is 11.9. The molecule has 0 saturated carbocycles. The maximum Gasteiger partial charge on any atom is 0.233 e. The van der Waals surface area contributed by atoms with E-state index in [1.807, 2.05) is 54.8 Å². The summed E-state index contributed by atoms with van der Waals surface area (Å²) in [5, 5.41) is 12.3. The van der Waals surface area contributed by atoms with E-state index >= 15 is 0 Å². The number of hydrogen-bond acceptors (Lipinski definition) is 5. The van der Waals surface area contributed by atoms with Crippen molar-refractivity contribution >= 4 is 17.7 Å². The van der Waals surface area contributed by atoms with E-state index in [2.05, 4.69) is 52.5 Å². The van der Waals surface area contributed by atoms with Gasteiger partial charge in [-0.3, -0.25) is 14.3 Å². The minimum Gasteiger partial charge on any atom is -0.351 e. The molecule has 168 valence electrons. The number of carbonyl (C=O) groups is 1. The van der Waals surface area contributed by atoms with Crippen LogP contribution in [-0.2, 0) is 11.3 Å². The second kappa shape index (κ2) is 10.0. The van der Waals surface area contributed by atoms with Gasteiger partial charge in [0.25, 0.3) is 0 Å². The van der Waals surface area contributed by atoms with Crippen molar-refractivity contribution in [1.82, 2.24) is 25.1 Å². The molecule has 2 aromatic carbocycles. The highest BCUT2D eigenvalue weighted by Gasteiger charge is 2.22. The number of aromatic nitrogens is 4. The lowest BCUT2D eigenvalue weighted by Crippen LogP contribution is -2.30. The number of pyridine rings is 1. The molecule has 0 bridgehead atoms. The molecule has 7 heteroatoms. The van der Waals surface area contributed by atoms with E-state index in [1.54, 1.807) is 12.4 Å². The Balaban J connectivity index is 1.59. The summed E-state index contributed by atoms with van der Waals surface area (Å²) in [6.45, 7) is 8.61. The fourth-order valence-corrected chi connectivity index (χ4v) is 4.27. The lowest BCUT2D eigenvalue weighted by Gasteiger charge is -2.15. The number of benzene rings is 2. The van der Waals surface area contributed by atoms with Crippen LogP contribution in [0.15, 0.2) is 72.1 Å². The second-order valence-electron chi connectivity index (χ2n) is 8.11. The van der Waals surface area contributed by atoms with Gasteiger partial charge in [-0.2, -0.15) is 0 Å². The number of amides is 1. The summed E-state index contributed by atoms with van der Waals surface area (Å²) in [7, 11) is 0. The number of aryl methyl sites for hydroxylation is 3. The maximum absolute atomic E-state index is 12.8. The number of rotatable bonds is 7. The molecular formula is C26H27N5OS. The third-order valence-electron chi connectivity index (χ3n) is 5.56. The molecule has 0 radical (unpaired) electrons. The Morgan fingerprint density at radius 3 is 2.39 bits per heavy atom. The van der Waals surface area contributed by atoms with Crippen molar-refractivity contribution in [3.8, 4) is 17.1 Å². The highest BCUT2D eigenvalue weighted by Crippen LogP contribution is 2.30. The summed E-state index contributed by atoms with van der Waals surface area (Å²) in [5.74, 6) is 0.677. The van der Waals surface area contributed by atoms with Crippen LogP contribution in [-0.4, -0.2) is 30.9 Å². The molecule has 1 atom stereocenters. The molecule has 0 aliphatic rings. The highest BCUT2D eigenvalue weighted by molar-refractivity contribution is 8.00. The van der Waals surface area contributed by atoms with Crippen LogP contribution in [0.5, 0.6) is 0 Å². The quantitative estimate of drug-likeness (QED) is 0.393. The summed E-state index contributed by atoms with van der Waals surface area (Å²) in [4.78, 5) is 16.9. The Labute approximate surface area is 198 Å². The molecule has 2 aromatic heterocycles. The first-order valence-corrected chi connectivity index (χ1v) is 11.7. The van der Waals surface area contributed by atoms with Gasteiger partial charge < -0.3 is 5.32 Å². The van der Waals surface area contributed by atoms with E-state index in [4.69, 9.17) is 0 Å². The zero-order chi connectivity index (χ0) is 23.4. The number of carbonyl (C=O) groups excluding carboxylic acids is 1. The van der Waals surface area contributed by atoms with Crippen molar-refractivity contribution in [3.63, 3.8) is 0 Å². The van der Waals surface area contributed by atoms with Gasteiger partial charge in [0.2, 0.25) is 5.91 Å². The lowest BCUT2D eigenvalue weighted by molar-refractivity contribution is -0.120. The van der Waals surface area contributed by atoms with Gasteiger partial charge in [0.05, 0.1) is 10.9 Å². The van der Waals surface area contributed by atoms with Crippen molar-refractivity contribution in [1.29, 1.82) is 0 Å². The predicted octanol–water partition coefficient (Wildman–Crippen LogP) is 5.05. The van der Waals surface area contributed by atoms with Crippen molar-refractivity contribution in [2.75, 3.05) is 0 Å². The highest BCUT2D eigenvalue weighted by atomic mass is 32.2. The lowest BCUT2D eigenvalue weighted by atomic mass is 10.1. The van der Waals surface area contributed by atoms with E-state index in [1.165, 1.54) is 28.5 Å². The molecule has 1 amide bonds. The van der Waals surface area contributed by atoms with Gasteiger partial charge in [-0.1, -0.05) is 47.7 Å². The molecule has 4 rings (SSSR count). The van der Waals surface area contributed by atoms with Crippen LogP contribution < -0.4 is 5.32 Å². The Kier molecular flexibility index (Phi) is 6.89. The predicted molar refractivity (Wildman–Crippen MR) is 132 cm³/mol. The van der Waals surface area contributed by atoms with Gasteiger partial charge in [0.15, 0.2) is 11.0 Å². The topological polar surface area (TPSA) is 72.7 Å². The molecule has 4 aromatic rings. The average molecular weight is 458 g/mol. The molecule has 33 heavy (non-hydrogen) atoms. The van der Waals surface area contributed by atoms with E-state index in [-0.39, 0.29) is 11.2 Å². The Hall–Kier alpha value is -3.45. The molecule has 2 heterocycles. The van der Waals surface area contributed by atoms with Crippen LogP contribution in [0.2, 0.25) is 0 Å². The third kappa shape index (κ3) is 5.31. The number of nitrogens with one attached hydrogen (secondary N) is 1. The van der Waals surface area contributed by atoms with Crippen LogP contribution in [0.4, 0.5) is 0 Å². The van der Waals surface area contributed by atoms with Gasteiger partial charge >= 0.3 is 0 Å². The van der Waals surface area contributed by atoms with E-state index in [9.17, 15) is 4.79 Å². The number of thioether (sulfide) groups is 1. The van der Waals surface area contributed by atoms with Crippen LogP contribution in [0.1, 0.15) is 29.2 Å². The minimum absolute atomic E-state index is 0.0410. The molecule has 0 spiro atoms. The zero-order valence-electron chi connectivity index (χ0n) is 19.2. The summed E-state index contributed by atoms with van der Waals surface area (Å²) in [6.07, 6.45) is 3.48. The maximum atomic E-state index is 12.8. The van der Waals surface area contributed by atoms with Crippen LogP contribution in [0.3, 0.4) is 0 Å². The zero-order valence-corrected chi connectivity index (χ0v) is 20.1. The molecule has 1 N–H and O–H groups in total. The molecule has 0 aliphatic carbocycles. The first-order chi connectivity index (χ1) is 15.9. The van der Waals surface area contributed by atoms with Crippen molar-refractivity contribution in [2.24, 2.45) is 0 Å². The largest absolute Gasteiger partial charge is 0.351 e. The molecule has 1 unspecified atom stereocenters. The Bertz CT molecular complexity index is 1250. The van der Waals surface area contributed by atoms with Gasteiger partial charge in [-0.15, -0.1) is 10.2 Å². The fourth-order valence-electron chi connectivity index (χ4n) is 3.38. The van der Waals surface area contributed by atoms with Gasteiger partial charge in [0.1, 0.15) is 0 Å². The average Bonchev–Trinajstić information content (AvgIpc) is 3.24. The molecule has 6 nitrogen and oxygen atoms in total. The molecule has 0 saturated heterocycles. The van der Waals surface area contributed by atoms with Crippen LogP contribution in [0.25, 0.3) is 17.1 Å². The monoisotopic (exact) mass is 457 g/mol. The second-order valence-corrected chi connectivity index (χ2v) is 9.42. The number of hydrogen-bond donors (Lipinski definition) is 1. The smallest absolute Gasteiger partial charge is 0.233 e. The first kappa shape index (κ1) is 22.7. The van der Waals surface area contributed by atoms with E-state index in [0.29, 0.717) is 11.7 Å². The first-order valence-electron chi connectivity index (χ1n) is 10.9. The molecule has 0 aliphatic heterocycles. The fraction of sp³-hybridized carbons (Fsp3) is 0.231. The molecular weight excluding hydrogens is 430 g/mol. The van der Waals surface area contributed by atoms with E-state index < -0.39 is 0 Å². The van der Waals surface area contributed by atoms with E-state index in [0.717, 1.165) is 22.6 Å². The van der Waals surface area contributed by atoms with Crippen molar-refractivity contribution < 1.29 is 4.79 Å². The standard InChI is InChI=1S/C26H27N5OS/c1-17-5-8-21(9-6-17)16-28-25(32)20(4)33-26-30-29-24(22-11-13-27-14-12-22)31(26)23-10-7-18(2)19(3)15-23/h5-15,20H,16H2,1-4H3,(H,28,32). The van der Waals surface area contributed by atoms with Crippen molar-refractivity contribution in [2.45, 2.75) is 44.6 Å². The Morgan fingerprint density at radius 2 is 1.70 bits per heavy atom. The molecule has 0 fully saturated rings. The summed E-state index contributed by atoms with van der Waals surface area (Å²) >= 11 is 1.40. The minimum atomic E-state index is -0.338. The van der Waals surface area contributed by atoms with Gasteiger partial charge in [-0.05, 0) is 68.7 Å². The number of nitrogens with zero attached hydrogens (tertiary/aromatic N) is 4. The summed E-state index contributed by atoms with van der Waals surface area (Å²) in [6, 6.07) is 18.3. The Morgan fingerprint density at radius 1 is 0.970 bits per heavy atom. The third-order valence-corrected chi connectivity index (χ3v) is 6.60. The van der Waals surface area contributed by atoms with Gasteiger partial charge in [-0.25, -0.2) is 0 Å². The van der Waals surface area contributed by atoms with Gasteiger partial charge in [0, 0.05) is 24.5 Å². The van der Waals surface area contributed by atoms with Crippen LogP contribution in [0, 0.1) is 20.8 Å². The SMILES string of the molecule is Cc1ccc(CNC(=O)C(C)Sc2nnc(-c3ccncc3)n2-c2ccc(C)c(C)c2)cc1.